The van der Waals surface area contributed by atoms with E-state index < -0.39 is 11.4 Å². The number of fused-ring (bicyclic) bond motifs is 3. The van der Waals surface area contributed by atoms with Crippen LogP contribution in [0.3, 0.4) is 0 Å². The predicted molar refractivity (Wildman–Crippen MR) is 134 cm³/mol. The van der Waals surface area contributed by atoms with Crippen molar-refractivity contribution in [3.8, 4) is 0 Å². The van der Waals surface area contributed by atoms with E-state index in [0.717, 1.165) is 38.5 Å². The topological polar surface area (TPSA) is 94.8 Å². The molecule has 0 spiro atoms. The number of aliphatic carboxylic acids is 1. The number of carbonyl (C=O) groups is 2. The number of aliphatic hydroxyl groups excluding tert-OH is 2. The van der Waals surface area contributed by atoms with Crippen molar-refractivity contribution >= 4 is 11.8 Å². The van der Waals surface area contributed by atoms with Gasteiger partial charge < -0.3 is 15.3 Å². The molecule has 0 aromatic heterocycles. The number of hydrogen-bond donors (Lipinski definition) is 3. The highest BCUT2D eigenvalue weighted by atomic mass is 16.4. The van der Waals surface area contributed by atoms with Crippen molar-refractivity contribution in [2.45, 2.75) is 99.8 Å². The Morgan fingerprint density at radius 2 is 1.74 bits per heavy atom. The monoisotopic (exact) mass is 472 g/mol. The van der Waals surface area contributed by atoms with Crippen LogP contribution in [0.4, 0.5) is 0 Å². The van der Waals surface area contributed by atoms with Crippen LogP contribution in [0.25, 0.3) is 0 Å². The number of carboxylic acid groups (broad SMARTS) is 1. The van der Waals surface area contributed by atoms with E-state index in [-0.39, 0.29) is 44.9 Å². The van der Waals surface area contributed by atoms with Crippen molar-refractivity contribution < 1.29 is 24.9 Å². The highest BCUT2D eigenvalue weighted by Gasteiger charge is 2.61. The van der Waals surface area contributed by atoms with Crippen molar-refractivity contribution in [3.05, 3.63) is 35.3 Å². The summed E-state index contributed by atoms with van der Waals surface area (Å²) in [5, 5.41) is 30.2. The second kappa shape index (κ2) is 8.57. The summed E-state index contributed by atoms with van der Waals surface area (Å²) in [6.07, 6.45) is 12.0. The number of carboxylic acids is 1. The smallest absolute Gasteiger partial charge is 0.309 e. The molecule has 34 heavy (non-hydrogen) atoms. The summed E-state index contributed by atoms with van der Waals surface area (Å²) < 4.78 is 0. The zero-order valence-corrected chi connectivity index (χ0v) is 22.1. The van der Waals surface area contributed by atoms with Crippen molar-refractivity contribution in [2.24, 2.45) is 33.0 Å². The average molecular weight is 473 g/mol. The summed E-state index contributed by atoms with van der Waals surface area (Å²) in [4.78, 5) is 24.8. The Bertz CT molecular complexity index is 956. The molecular weight excluding hydrogens is 428 g/mol. The van der Waals surface area contributed by atoms with E-state index in [4.69, 9.17) is 0 Å². The summed E-state index contributed by atoms with van der Waals surface area (Å²) in [5.41, 5.74) is -0.561. The lowest BCUT2D eigenvalue weighted by molar-refractivity contribution is -0.160. The molecule has 0 aromatic rings. The standard InChI is InChI=1S/C29H44O5/c1-19-16-20(30)17-22-27(5,9-8-21(31)23(19)32)13-14-28(6)18-26(4,12-15-29(22,28)7)11-10-25(2,3)24(33)34/h8-9,16,22,31-32H,10-15,17-18H2,1-7H3,(H,33,34)/b9-8+,19-16+,23-21-/t22?,26-,27-,28+,29-/m1/s1. The Hall–Kier alpha value is -2.04. The predicted octanol–water partition coefficient (Wildman–Crippen LogP) is 7.30. The summed E-state index contributed by atoms with van der Waals surface area (Å²) in [7, 11) is 0. The van der Waals surface area contributed by atoms with Gasteiger partial charge in [0.1, 0.15) is 0 Å². The molecule has 3 aliphatic carbocycles. The zero-order chi connectivity index (χ0) is 25.7. The number of hydrogen-bond acceptors (Lipinski definition) is 4. The number of ketones is 1. The Labute approximate surface area is 205 Å². The number of carbonyl (C=O) groups excluding carboxylic acids is 1. The molecule has 0 radical (unpaired) electrons. The second-order valence-corrected chi connectivity index (χ2v) is 13.3. The fourth-order valence-corrected chi connectivity index (χ4v) is 7.22. The van der Waals surface area contributed by atoms with Gasteiger partial charge in [0.25, 0.3) is 0 Å². The van der Waals surface area contributed by atoms with E-state index in [1.54, 1.807) is 13.0 Å². The van der Waals surface area contributed by atoms with E-state index in [1.807, 2.05) is 19.9 Å². The second-order valence-electron chi connectivity index (χ2n) is 13.3. The van der Waals surface area contributed by atoms with Crippen LogP contribution in [0.5, 0.6) is 0 Å². The highest BCUT2D eigenvalue weighted by Crippen LogP contribution is 2.70. The van der Waals surface area contributed by atoms with Crippen molar-refractivity contribution in [3.63, 3.8) is 0 Å². The molecule has 5 nitrogen and oxygen atoms in total. The van der Waals surface area contributed by atoms with Gasteiger partial charge in [0.05, 0.1) is 5.41 Å². The van der Waals surface area contributed by atoms with Gasteiger partial charge in [-0.1, -0.05) is 33.8 Å². The maximum absolute atomic E-state index is 13.1. The SMILES string of the molecule is CC1=C\C(=O)CC2[C@](C)(/C=C/C(O)=C\1O)CC[C@@]1(C)C[C@](C)(CCC(C)(C)C(=O)O)CC[C@]21C. The van der Waals surface area contributed by atoms with Gasteiger partial charge in [0, 0.05) is 6.42 Å². The van der Waals surface area contributed by atoms with Gasteiger partial charge in [-0.15, -0.1) is 0 Å². The van der Waals surface area contributed by atoms with Gasteiger partial charge in [-0.25, -0.2) is 0 Å². The van der Waals surface area contributed by atoms with Gasteiger partial charge in [-0.05, 0) is 111 Å². The normalized spacial score (nSPS) is 43.8. The minimum atomic E-state index is -0.741. The van der Waals surface area contributed by atoms with E-state index in [1.165, 1.54) is 6.08 Å². The quantitative estimate of drug-likeness (QED) is 0.399. The zero-order valence-electron chi connectivity index (χ0n) is 22.1. The highest BCUT2D eigenvalue weighted by molar-refractivity contribution is 5.91. The van der Waals surface area contributed by atoms with Crippen LogP contribution in [0.1, 0.15) is 99.8 Å². The fourth-order valence-electron chi connectivity index (χ4n) is 7.22. The molecule has 0 aliphatic heterocycles. The lowest BCUT2D eigenvalue weighted by Crippen LogP contribution is -2.58. The van der Waals surface area contributed by atoms with E-state index in [9.17, 15) is 24.9 Å². The van der Waals surface area contributed by atoms with Crippen LogP contribution in [-0.2, 0) is 9.59 Å². The third-order valence-electron chi connectivity index (χ3n) is 10.2. The Morgan fingerprint density at radius 3 is 2.35 bits per heavy atom. The van der Waals surface area contributed by atoms with Gasteiger partial charge >= 0.3 is 5.97 Å². The number of allylic oxidation sites excluding steroid dienone is 4. The summed E-state index contributed by atoms with van der Waals surface area (Å²) in [6, 6.07) is 0. The molecule has 3 rings (SSSR count). The molecule has 3 aliphatic rings. The molecule has 0 saturated heterocycles. The molecule has 0 amide bonds. The average Bonchev–Trinajstić information content (AvgIpc) is 2.74. The van der Waals surface area contributed by atoms with Crippen LogP contribution in [0, 0.1) is 33.0 Å². The fraction of sp³-hybridized carbons (Fsp3) is 0.724. The van der Waals surface area contributed by atoms with E-state index in [0.29, 0.717) is 18.4 Å². The molecule has 2 fully saturated rings. The van der Waals surface area contributed by atoms with Crippen LogP contribution in [0.2, 0.25) is 0 Å². The molecule has 5 heteroatoms. The molecule has 0 bridgehead atoms. The molecule has 5 atom stereocenters. The first-order valence-corrected chi connectivity index (χ1v) is 12.7. The van der Waals surface area contributed by atoms with Gasteiger partial charge in [0.2, 0.25) is 0 Å². The molecule has 0 aromatic carbocycles. The Morgan fingerprint density at radius 1 is 1.09 bits per heavy atom. The van der Waals surface area contributed by atoms with Crippen molar-refractivity contribution in [1.82, 2.24) is 0 Å². The number of aliphatic hydroxyl groups is 2. The van der Waals surface area contributed by atoms with Gasteiger partial charge in [0.15, 0.2) is 17.3 Å². The first-order chi connectivity index (χ1) is 15.5. The van der Waals surface area contributed by atoms with Crippen LogP contribution >= 0.6 is 0 Å². The lowest BCUT2D eigenvalue weighted by Gasteiger charge is -2.66. The molecular formula is C29H44O5. The van der Waals surface area contributed by atoms with E-state index >= 15 is 0 Å². The summed E-state index contributed by atoms with van der Waals surface area (Å²) in [5.74, 6) is -1.07. The Balaban J connectivity index is 1.95. The minimum absolute atomic E-state index is 0.00890. The largest absolute Gasteiger partial charge is 0.504 e. The number of rotatable bonds is 4. The first kappa shape index (κ1) is 26.6. The van der Waals surface area contributed by atoms with Gasteiger partial charge in [-0.3, -0.25) is 9.59 Å². The first-order valence-electron chi connectivity index (χ1n) is 12.7. The third-order valence-corrected chi connectivity index (χ3v) is 10.2. The molecule has 2 saturated carbocycles. The van der Waals surface area contributed by atoms with Gasteiger partial charge in [-0.2, -0.15) is 0 Å². The molecule has 1 unspecified atom stereocenters. The van der Waals surface area contributed by atoms with Crippen LogP contribution in [-0.4, -0.2) is 27.1 Å². The van der Waals surface area contributed by atoms with Crippen molar-refractivity contribution in [1.29, 1.82) is 0 Å². The van der Waals surface area contributed by atoms with Crippen LogP contribution < -0.4 is 0 Å². The third kappa shape index (κ3) is 4.59. The van der Waals surface area contributed by atoms with Crippen LogP contribution in [0.15, 0.2) is 35.3 Å². The minimum Gasteiger partial charge on any atom is -0.504 e. The summed E-state index contributed by atoms with van der Waals surface area (Å²) in [6.45, 7) is 14.5. The van der Waals surface area contributed by atoms with E-state index in [2.05, 4.69) is 27.7 Å². The molecule has 0 heterocycles. The maximum Gasteiger partial charge on any atom is 0.309 e. The lowest BCUT2D eigenvalue weighted by atomic mass is 9.39. The molecule has 3 N–H and O–H groups in total. The molecule has 190 valence electrons. The van der Waals surface area contributed by atoms with Crippen molar-refractivity contribution in [2.75, 3.05) is 0 Å². The Kier molecular flexibility index (Phi) is 6.69. The maximum atomic E-state index is 13.1. The summed E-state index contributed by atoms with van der Waals surface area (Å²) >= 11 is 0.